The lowest BCUT2D eigenvalue weighted by atomic mass is 10.1. The monoisotopic (exact) mass is 278 g/mol. The molecule has 1 aliphatic heterocycles. The highest BCUT2D eigenvalue weighted by molar-refractivity contribution is 5.99. The third kappa shape index (κ3) is 3.20. The molecule has 2 amide bonds. The number of hydrogen-bond donors (Lipinski definition) is 2. The van der Waals surface area contributed by atoms with E-state index in [9.17, 15) is 14.7 Å². The molecule has 0 radical (unpaired) electrons. The fourth-order valence-electron chi connectivity index (χ4n) is 2.15. The molecular weight excluding hydrogens is 260 g/mol. The van der Waals surface area contributed by atoms with Crippen LogP contribution in [0.4, 0.5) is 0 Å². The third-order valence-corrected chi connectivity index (χ3v) is 3.31. The van der Waals surface area contributed by atoms with Crippen molar-refractivity contribution in [2.75, 3.05) is 26.7 Å². The Hall–Kier alpha value is -2.24. The van der Waals surface area contributed by atoms with E-state index < -0.39 is 5.91 Å². The number of phenolic OH excluding ortho intramolecular Hbond substituents is 1. The van der Waals surface area contributed by atoms with Crippen LogP contribution in [-0.2, 0) is 4.79 Å². The van der Waals surface area contributed by atoms with Crippen LogP contribution in [0.2, 0.25) is 0 Å². The van der Waals surface area contributed by atoms with Gasteiger partial charge in [0.2, 0.25) is 5.91 Å². The van der Waals surface area contributed by atoms with Crippen LogP contribution in [0.5, 0.6) is 11.5 Å². The van der Waals surface area contributed by atoms with E-state index in [4.69, 9.17) is 4.74 Å². The molecule has 0 unspecified atom stereocenters. The molecule has 20 heavy (non-hydrogen) atoms. The Morgan fingerprint density at radius 3 is 2.70 bits per heavy atom. The van der Waals surface area contributed by atoms with Crippen LogP contribution in [-0.4, -0.2) is 48.6 Å². The van der Waals surface area contributed by atoms with Crippen molar-refractivity contribution in [2.45, 2.75) is 12.8 Å². The summed E-state index contributed by atoms with van der Waals surface area (Å²) >= 11 is 0. The van der Waals surface area contributed by atoms with Crippen LogP contribution in [0.15, 0.2) is 18.2 Å². The fourth-order valence-corrected chi connectivity index (χ4v) is 2.15. The summed E-state index contributed by atoms with van der Waals surface area (Å²) in [6.07, 6.45) is 2.02. The molecule has 6 nitrogen and oxygen atoms in total. The highest BCUT2D eigenvalue weighted by Gasteiger charge is 2.19. The maximum atomic E-state index is 12.0. The predicted octanol–water partition coefficient (Wildman–Crippen LogP) is 0.753. The highest BCUT2D eigenvalue weighted by Crippen LogP contribution is 2.22. The first-order valence-corrected chi connectivity index (χ1v) is 6.55. The summed E-state index contributed by atoms with van der Waals surface area (Å²) in [6.45, 7) is 1.44. The van der Waals surface area contributed by atoms with E-state index >= 15 is 0 Å². The number of hydrogen-bond acceptors (Lipinski definition) is 4. The van der Waals surface area contributed by atoms with Gasteiger partial charge in [0.1, 0.15) is 11.5 Å². The van der Waals surface area contributed by atoms with Crippen LogP contribution in [0.3, 0.4) is 0 Å². The van der Waals surface area contributed by atoms with Crippen LogP contribution in [0.25, 0.3) is 0 Å². The van der Waals surface area contributed by atoms with E-state index in [2.05, 4.69) is 5.32 Å². The van der Waals surface area contributed by atoms with Crippen molar-refractivity contribution in [2.24, 2.45) is 0 Å². The van der Waals surface area contributed by atoms with Gasteiger partial charge in [-0.2, -0.15) is 0 Å². The molecule has 1 fully saturated rings. The van der Waals surface area contributed by atoms with Crippen LogP contribution in [0, 0.1) is 0 Å². The molecule has 0 saturated carbocycles. The van der Waals surface area contributed by atoms with E-state index in [-0.39, 0.29) is 23.8 Å². The topological polar surface area (TPSA) is 78.9 Å². The minimum absolute atomic E-state index is 0.0600. The summed E-state index contributed by atoms with van der Waals surface area (Å²) in [6, 6.07) is 4.38. The van der Waals surface area contributed by atoms with Crippen molar-refractivity contribution < 1.29 is 19.4 Å². The number of carbonyl (C=O) groups is 2. The van der Waals surface area contributed by atoms with Gasteiger partial charge >= 0.3 is 0 Å². The van der Waals surface area contributed by atoms with Crippen molar-refractivity contribution >= 4 is 11.8 Å². The number of carbonyl (C=O) groups excluding carboxylic acids is 2. The minimum atomic E-state index is -0.492. The third-order valence-electron chi connectivity index (χ3n) is 3.31. The molecule has 6 heteroatoms. The first-order chi connectivity index (χ1) is 9.61. The number of ether oxygens (including phenoxy) is 1. The predicted molar refractivity (Wildman–Crippen MR) is 72.8 cm³/mol. The number of phenols is 1. The van der Waals surface area contributed by atoms with E-state index in [1.807, 2.05) is 0 Å². The van der Waals surface area contributed by atoms with Gasteiger partial charge in [-0.05, 0) is 31.0 Å². The van der Waals surface area contributed by atoms with Gasteiger partial charge in [0.15, 0.2) is 0 Å². The summed E-state index contributed by atoms with van der Waals surface area (Å²) in [5.41, 5.74) is 0.0959. The second-order valence-electron chi connectivity index (χ2n) is 4.65. The molecule has 1 aromatic carbocycles. The van der Waals surface area contributed by atoms with Crippen LogP contribution >= 0.6 is 0 Å². The molecule has 1 aromatic rings. The number of amides is 2. The summed E-state index contributed by atoms with van der Waals surface area (Å²) < 4.78 is 5.00. The highest BCUT2D eigenvalue weighted by atomic mass is 16.5. The second kappa shape index (κ2) is 6.27. The van der Waals surface area contributed by atoms with Gasteiger partial charge in [0.25, 0.3) is 5.91 Å². The smallest absolute Gasteiger partial charge is 0.255 e. The number of likely N-dealkylation sites (tertiary alicyclic amines) is 1. The number of aromatic hydroxyl groups is 1. The zero-order valence-electron chi connectivity index (χ0n) is 11.4. The molecular formula is C14H18N2O4. The molecule has 1 aliphatic rings. The summed E-state index contributed by atoms with van der Waals surface area (Å²) in [7, 11) is 1.48. The van der Waals surface area contributed by atoms with Crippen molar-refractivity contribution in [1.82, 2.24) is 10.2 Å². The Labute approximate surface area is 117 Å². The van der Waals surface area contributed by atoms with Gasteiger partial charge in [-0.15, -0.1) is 0 Å². The van der Waals surface area contributed by atoms with Gasteiger partial charge in [0.05, 0.1) is 19.2 Å². The standard InChI is InChI=1S/C14H18N2O4/c1-20-10-4-5-12(17)11(8-10)14(19)15-9-13(18)16-6-2-3-7-16/h4-5,8,17H,2-3,6-7,9H2,1H3,(H,15,19). The molecule has 2 rings (SSSR count). The van der Waals surface area contributed by atoms with Gasteiger partial charge < -0.3 is 20.1 Å². The average molecular weight is 278 g/mol. The van der Waals surface area contributed by atoms with Crippen LogP contribution < -0.4 is 10.1 Å². The number of methoxy groups -OCH3 is 1. The van der Waals surface area contributed by atoms with Crippen molar-refractivity contribution in [3.8, 4) is 11.5 Å². The van der Waals surface area contributed by atoms with Crippen LogP contribution in [0.1, 0.15) is 23.2 Å². The van der Waals surface area contributed by atoms with Crippen molar-refractivity contribution in [3.05, 3.63) is 23.8 Å². The number of nitrogens with zero attached hydrogens (tertiary/aromatic N) is 1. The first-order valence-electron chi connectivity index (χ1n) is 6.55. The second-order valence-corrected chi connectivity index (χ2v) is 4.65. The molecule has 0 aliphatic carbocycles. The van der Waals surface area contributed by atoms with E-state index in [0.29, 0.717) is 5.75 Å². The Bertz CT molecular complexity index is 510. The molecule has 108 valence electrons. The number of nitrogens with one attached hydrogen (secondary N) is 1. The Kier molecular flexibility index (Phi) is 4.45. The quantitative estimate of drug-likeness (QED) is 0.852. The lowest BCUT2D eigenvalue weighted by Crippen LogP contribution is -2.38. The molecule has 2 N–H and O–H groups in total. The molecule has 0 atom stereocenters. The molecule has 0 spiro atoms. The molecule has 1 saturated heterocycles. The lowest BCUT2D eigenvalue weighted by Gasteiger charge is -2.15. The summed E-state index contributed by atoms with van der Waals surface area (Å²) in [4.78, 5) is 25.5. The molecule has 0 aromatic heterocycles. The van der Waals surface area contributed by atoms with Gasteiger partial charge in [-0.1, -0.05) is 0 Å². The van der Waals surface area contributed by atoms with Gasteiger partial charge in [-0.3, -0.25) is 9.59 Å². The van der Waals surface area contributed by atoms with Gasteiger partial charge in [0, 0.05) is 13.1 Å². The first kappa shape index (κ1) is 14.2. The Balaban J connectivity index is 1.96. The Morgan fingerprint density at radius 1 is 1.35 bits per heavy atom. The molecule has 0 bridgehead atoms. The normalized spacial score (nSPS) is 14.2. The summed E-state index contributed by atoms with van der Waals surface area (Å²) in [5, 5.41) is 12.2. The van der Waals surface area contributed by atoms with E-state index in [1.54, 1.807) is 11.0 Å². The maximum absolute atomic E-state index is 12.0. The SMILES string of the molecule is COc1ccc(O)c(C(=O)NCC(=O)N2CCCC2)c1. The number of rotatable bonds is 4. The Morgan fingerprint density at radius 2 is 2.05 bits per heavy atom. The van der Waals surface area contributed by atoms with Crippen molar-refractivity contribution in [3.63, 3.8) is 0 Å². The number of benzene rings is 1. The van der Waals surface area contributed by atoms with Gasteiger partial charge in [-0.25, -0.2) is 0 Å². The fraction of sp³-hybridized carbons (Fsp3) is 0.429. The van der Waals surface area contributed by atoms with E-state index in [1.165, 1.54) is 19.2 Å². The largest absolute Gasteiger partial charge is 0.507 e. The minimum Gasteiger partial charge on any atom is -0.507 e. The average Bonchev–Trinajstić information content (AvgIpc) is 2.99. The lowest BCUT2D eigenvalue weighted by molar-refractivity contribution is -0.129. The van der Waals surface area contributed by atoms with Crippen molar-refractivity contribution in [1.29, 1.82) is 0 Å². The molecule has 1 heterocycles. The summed E-state index contributed by atoms with van der Waals surface area (Å²) in [5.74, 6) is -0.261. The zero-order chi connectivity index (χ0) is 14.5. The van der Waals surface area contributed by atoms with E-state index in [0.717, 1.165) is 25.9 Å². The maximum Gasteiger partial charge on any atom is 0.255 e. The zero-order valence-corrected chi connectivity index (χ0v) is 11.4.